The number of nitrogen functional groups attached to an aromatic ring is 1. The van der Waals surface area contributed by atoms with Gasteiger partial charge in [-0.2, -0.15) is 0 Å². The summed E-state index contributed by atoms with van der Waals surface area (Å²) in [5.41, 5.74) is 10.4. The minimum atomic E-state index is -0.123. The van der Waals surface area contributed by atoms with Crippen molar-refractivity contribution in [2.45, 2.75) is 19.3 Å². The van der Waals surface area contributed by atoms with Crippen LogP contribution in [0.4, 0.5) is 11.4 Å². The Morgan fingerprint density at radius 3 is 2.63 bits per heavy atom. The van der Waals surface area contributed by atoms with Crippen LogP contribution >= 0.6 is 0 Å². The molecule has 0 bridgehead atoms. The summed E-state index contributed by atoms with van der Waals surface area (Å²) in [7, 11) is 0. The van der Waals surface area contributed by atoms with Crippen LogP contribution in [0.1, 0.15) is 19.3 Å². The summed E-state index contributed by atoms with van der Waals surface area (Å²) in [4.78, 5) is 22.9. The zero-order valence-corrected chi connectivity index (χ0v) is 15.0. The van der Waals surface area contributed by atoms with E-state index in [9.17, 15) is 4.79 Å². The zero-order valence-electron chi connectivity index (χ0n) is 15.0. The zero-order chi connectivity index (χ0) is 18.4. The highest BCUT2D eigenvalue weighted by Crippen LogP contribution is 2.32. The minimum Gasteiger partial charge on any atom is -0.395 e. The number of rotatable bonds is 2. The quantitative estimate of drug-likeness (QED) is 0.537. The summed E-state index contributed by atoms with van der Waals surface area (Å²) < 4.78 is 1.61. The number of aromatic amines is 1. The predicted octanol–water partition coefficient (Wildman–Crippen LogP) is 3.44. The number of hydrogen-bond donors (Lipinski definition) is 2. The van der Waals surface area contributed by atoms with Crippen LogP contribution in [0.3, 0.4) is 0 Å². The molecule has 0 saturated carbocycles. The van der Waals surface area contributed by atoms with Crippen molar-refractivity contribution >= 4 is 33.3 Å². The SMILES string of the molecule is Nc1c(N2CCCCC2)ccc2[nH]c(-n3c(=O)ccc4ccccc43)nc12. The topological polar surface area (TPSA) is 79.9 Å². The Morgan fingerprint density at radius 2 is 1.78 bits per heavy atom. The number of imidazole rings is 1. The van der Waals surface area contributed by atoms with Crippen molar-refractivity contribution in [1.82, 2.24) is 14.5 Å². The molecule has 136 valence electrons. The number of aromatic nitrogens is 3. The van der Waals surface area contributed by atoms with Crippen LogP contribution in [0.15, 0.2) is 53.3 Å². The average Bonchev–Trinajstić information content (AvgIpc) is 3.13. The number of hydrogen-bond acceptors (Lipinski definition) is 4. The fourth-order valence-electron chi connectivity index (χ4n) is 3.99. The molecule has 1 saturated heterocycles. The molecule has 5 rings (SSSR count). The first-order valence-corrected chi connectivity index (χ1v) is 9.37. The molecule has 6 nitrogen and oxygen atoms in total. The van der Waals surface area contributed by atoms with E-state index in [1.54, 1.807) is 10.6 Å². The van der Waals surface area contributed by atoms with Crippen molar-refractivity contribution in [2.75, 3.05) is 23.7 Å². The van der Waals surface area contributed by atoms with Crippen LogP contribution in [0.25, 0.3) is 27.9 Å². The van der Waals surface area contributed by atoms with E-state index in [0.29, 0.717) is 17.2 Å². The number of nitrogens with zero attached hydrogens (tertiary/aromatic N) is 3. The first-order valence-electron chi connectivity index (χ1n) is 9.37. The number of pyridine rings is 1. The molecule has 0 radical (unpaired) electrons. The van der Waals surface area contributed by atoms with Crippen LogP contribution in [0.2, 0.25) is 0 Å². The number of H-pyrrole nitrogens is 1. The number of nitrogens with two attached hydrogens (primary N) is 1. The monoisotopic (exact) mass is 359 g/mol. The highest BCUT2D eigenvalue weighted by molar-refractivity contribution is 5.95. The Balaban J connectivity index is 1.69. The van der Waals surface area contributed by atoms with Crippen molar-refractivity contribution < 1.29 is 0 Å². The van der Waals surface area contributed by atoms with Crippen molar-refractivity contribution in [2.24, 2.45) is 0 Å². The standard InChI is InChI=1S/C21H21N5O/c22-19-17(25-12-4-1-5-13-25)10-9-15-20(19)24-21(23-15)26-16-7-3-2-6-14(16)8-11-18(26)27/h2-3,6-11H,1,4-5,12-13,22H2,(H,23,24). The summed E-state index contributed by atoms with van der Waals surface area (Å²) >= 11 is 0. The molecular weight excluding hydrogens is 338 g/mol. The summed E-state index contributed by atoms with van der Waals surface area (Å²) in [5.74, 6) is 0.495. The molecule has 1 fully saturated rings. The Hall–Kier alpha value is -3.28. The Kier molecular flexibility index (Phi) is 3.63. The molecule has 1 aliphatic rings. The van der Waals surface area contributed by atoms with Crippen LogP contribution in [0, 0.1) is 0 Å². The molecule has 2 aromatic carbocycles. The van der Waals surface area contributed by atoms with Crippen molar-refractivity contribution in [1.29, 1.82) is 0 Å². The van der Waals surface area contributed by atoms with Crippen molar-refractivity contribution in [3.05, 3.63) is 58.9 Å². The maximum Gasteiger partial charge on any atom is 0.257 e. The van der Waals surface area contributed by atoms with Gasteiger partial charge in [0.2, 0.25) is 5.95 Å². The molecule has 6 heteroatoms. The van der Waals surface area contributed by atoms with Gasteiger partial charge in [0, 0.05) is 19.2 Å². The maximum absolute atomic E-state index is 12.6. The van der Waals surface area contributed by atoms with Gasteiger partial charge in [0.25, 0.3) is 5.56 Å². The Labute approximate surface area is 156 Å². The van der Waals surface area contributed by atoms with Crippen LogP contribution in [0.5, 0.6) is 0 Å². The molecule has 4 aromatic rings. The number of piperidine rings is 1. The summed E-state index contributed by atoms with van der Waals surface area (Å²) in [5, 5.41) is 0.986. The molecule has 27 heavy (non-hydrogen) atoms. The van der Waals surface area contributed by atoms with Crippen LogP contribution < -0.4 is 16.2 Å². The van der Waals surface area contributed by atoms with Crippen molar-refractivity contribution in [3.8, 4) is 5.95 Å². The third-order valence-corrected chi connectivity index (χ3v) is 5.37. The lowest BCUT2D eigenvalue weighted by Crippen LogP contribution is -2.30. The number of fused-ring (bicyclic) bond motifs is 2. The third kappa shape index (κ3) is 2.56. The van der Waals surface area contributed by atoms with Gasteiger partial charge in [0.05, 0.1) is 22.4 Å². The molecule has 1 aliphatic heterocycles. The lowest BCUT2D eigenvalue weighted by atomic mass is 10.1. The predicted molar refractivity (Wildman–Crippen MR) is 110 cm³/mol. The van der Waals surface area contributed by atoms with Crippen LogP contribution in [-0.2, 0) is 0 Å². The van der Waals surface area contributed by atoms with E-state index >= 15 is 0 Å². The van der Waals surface area contributed by atoms with E-state index < -0.39 is 0 Å². The van der Waals surface area contributed by atoms with E-state index in [-0.39, 0.29) is 5.56 Å². The summed E-state index contributed by atoms with van der Waals surface area (Å²) in [6.45, 7) is 2.05. The van der Waals surface area contributed by atoms with Gasteiger partial charge in [-0.25, -0.2) is 9.55 Å². The normalized spacial score (nSPS) is 14.9. The highest BCUT2D eigenvalue weighted by atomic mass is 16.1. The van der Waals surface area contributed by atoms with Crippen molar-refractivity contribution in [3.63, 3.8) is 0 Å². The van der Waals surface area contributed by atoms with E-state index in [0.717, 1.165) is 35.2 Å². The van der Waals surface area contributed by atoms with Gasteiger partial charge in [-0.3, -0.25) is 4.79 Å². The lowest BCUT2D eigenvalue weighted by Gasteiger charge is -2.29. The molecule has 0 atom stereocenters. The molecule has 0 spiro atoms. The van der Waals surface area contributed by atoms with E-state index in [2.05, 4.69) is 16.0 Å². The Bertz CT molecular complexity index is 1200. The van der Waals surface area contributed by atoms with Gasteiger partial charge in [0.15, 0.2) is 0 Å². The molecule has 0 aliphatic carbocycles. The fraction of sp³-hybridized carbons (Fsp3) is 0.238. The number of benzene rings is 2. The average molecular weight is 359 g/mol. The first-order chi connectivity index (χ1) is 13.2. The lowest BCUT2D eigenvalue weighted by molar-refractivity contribution is 0.578. The summed E-state index contributed by atoms with van der Waals surface area (Å²) in [6, 6.07) is 15.2. The second-order valence-electron chi connectivity index (χ2n) is 7.07. The third-order valence-electron chi connectivity index (χ3n) is 5.37. The van der Waals surface area contributed by atoms with Gasteiger partial charge in [0.1, 0.15) is 5.52 Å². The Morgan fingerprint density at radius 1 is 0.963 bits per heavy atom. The number of para-hydroxylation sites is 1. The van der Waals surface area contributed by atoms with Gasteiger partial charge in [-0.05, 0) is 48.9 Å². The number of nitrogens with one attached hydrogen (secondary N) is 1. The first kappa shape index (κ1) is 15.9. The van der Waals surface area contributed by atoms with Crippen LogP contribution in [-0.4, -0.2) is 27.6 Å². The molecule has 3 N–H and O–H groups in total. The highest BCUT2D eigenvalue weighted by Gasteiger charge is 2.18. The summed E-state index contributed by atoms with van der Waals surface area (Å²) in [6.07, 6.45) is 3.65. The molecule has 3 heterocycles. The number of anilines is 2. The van der Waals surface area contributed by atoms with Gasteiger partial charge >= 0.3 is 0 Å². The fourth-order valence-corrected chi connectivity index (χ4v) is 3.99. The molecule has 0 unspecified atom stereocenters. The maximum atomic E-state index is 12.6. The van der Waals surface area contributed by atoms with Gasteiger partial charge < -0.3 is 15.6 Å². The largest absolute Gasteiger partial charge is 0.395 e. The smallest absolute Gasteiger partial charge is 0.257 e. The minimum absolute atomic E-state index is 0.123. The van der Waals surface area contributed by atoms with E-state index in [1.165, 1.54) is 19.3 Å². The molecule has 0 amide bonds. The second kappa shape index (κ2) is 6.16. The van der Waals surface area contributed by atoms with Gasteiger partial charge in [-0.1, -0.05) is 18.2 Å². The van der Waals surface area contributed by atoms with Gasteiger partial charge in [-0.15, -0.1) is 0 Å². The van der Waals surface area contributed by atoms with E-state index in [1.807, 2.05) is 36.4 Å². The molecular formula is C21H21N5O. The second-order valence-corrected chi connectivity index (χ2v) is 7.07. The van der Waals surface area contributed by atoms with E-state index in [4.69, 9.17) is 10.7 Å². The molecule has 2 aromatic heterocycles.